The van der Waals surface area contributed by atoms with Crippen LogP contribution in [0.15, 0.2) is 47.4 Å². The maximum Gasteiger partial charge on any atom is 0.310 e. The maximum atomic E-state index is 13.3. The molecule has 9 heteroatoms. The number of nitrogens with zero attached hydrogens (tertiary/aromatic N) is 2. The van der Waals surface area contributed by atoms with Crippen LogP contribution in [0.5, 0.6) is 0 Å². The van der Waals surface area contributed by atoms with Gasteiger partial charge in [-0.2, -0.15) is 0 Å². The molecule has 0 spiro atoms. The number of anilines is 1. The highest BCUT2D eigenvalue weighted by atomic mass is 32.2. The van der Waals surface area contributed by atoms with E-state index in [0.29, 0.717) is 18.7 Å². The molecular formula is C19H17FN2O4S2. The van der Waals surface area contributed by atoms with Crippen LogP contribution < -0.4 is 4.90 Å². The zero-order valence-corrected chi connectivity index (χ0v) is 16.6. The van der Waals surface area contributed by atoms with E-state index in [1.165, 1.54) is 35.6 Å². The van der Waals surface area contributed by atoms with Gasteiger partial charge < -0.3 is 9.64 Å². The van der Waals surface area contributed by atoms with Crippen LogP contribution in [0.4, 0.5) is 9.52 Å². The van der Waals surface area contributed by atoms with E-state index in [1.807, 2.05) is 4.90 Å². The number of carbonyl (C=O) groups is 1. The summed E-state index contributed by atoms with van der Waals surface area (Å²) in [5.41, 5.74) is 1.45. The van der Waals surface area contributed by atoms with Gasteiger partial charge in [-0.3, -0.25) is 4.79 Å². The van der Waals surface area contributed by atoms with E-state index in [1.54, 1.807) is 18.2 Å². The Labute approximate surface area is 165 Å². The second-order valence-electron chi connectivity index (χ2n) is 6.72. The van der Waals surface area contributed by atoms with Gasteiger partial charge in [-0.25, -0.2) is 17.8 Å². The van der Waals surface area contributed by atoms with Gasteiger partial charge in [0, 0.05) is 6.26 Å². The van der Waals surface area contributed by atoms with Gasteiger partial charge >= 0.3 is 5.97 Å². The lowest BCUT2D eigenvalue weighted by atomic mass is 10.1. The van der Waals surface area contributed by atoms with Crippen molar-refractivity contribution in [3.63, 3.8) is 0 Å². The molecule has 0 saturated carbocycles. The molecule has 146 valence electrons. The number of hydrogen-bond donors (Lipinski definition) is 0. The van der Waals surface area contributed by atoms with E-state index in [4.69, 9.17) is 4.74 Å². The van der Waals surface area contributed by atoms with Crippen molar-refractivity contribution in [2.75, 3.05) is 24.2 Å². The average Bonchev–Trinajstić information content (AvgIpc) is 2.99. The molecule has 0 bridgehead atoms. The number of halogens is 1. The van der Waals surface area contributed by atoms with E-state index < -0.39 is 9.84 Å². The summed E-state index contributed by atoms with van der Waals surface area (Å²) in [4.78, 5) is 18.8. The molecule has 1 aliphatic heterocycles. The summed E-state index contributed by atoms with van der Waals surface area (Å²) in [6.07, 6.45) is 1.01. The summed E-state index contributed by atoms with van der Waals surface area (Å²) >= 11 is 1.41. The molecule has 1 aromatic heterocycles. The van der Waals surface area contributed by atoms with Crippen LogP contribution in [-0.4, -0.2) is 44.8 Å². The normalized spacial score (nSPS) is 14.9. The monoisotopic (exact) mass is 420 g/mol. The largest absolute Gasteiger partial charge is 0.458 e. The molecule has 0 unspecified atom stereocenters. The lowest BCUT2D eigenvalue weighted by molar-refractivity contribution is -0.149. The number of fused-ring (bicyclic) bond motifs is 1. The Morgan fingerprint density at radius 1 is 1.25 bits per heavy atom. The van der Waals surface area contributed by atoms with Gasteiger partial charge in [0.2, 0.25) is 0 Å². The quantitative estimate of drug-likeness (QED) is 0.591. The molecule has 1 fully saturated rings. The van der Waals surface area contributed by atoms with E-state index in [2.05, 4.69) is 4.98 Å². The zero-order valence-electron chi connectivity index (χ0n) is 15.0. The lowest BCUT2D eigenvalue weighted by Gasteiger charge is -2.38. The smallest absolute Gasteiger partial charge is 0.310 e. The first-order valence-electron chi connectivity index (χ1n) is 8.57. The molecule has 2 heterocycles. The van der Waals surface area contributed by atoms with Crippen molar-refractivity contribution in [1.82, 2.24) is 4.98 Å². The molecule has 2 aromatic carbocycles. The van der Waals surface area contributed by atoms with Gasteiger partial charge in [-0.15, -0.1) is 0 Å². The fourth-order valence-electron chi connectivity index (χ4n) is 2.94. The summed E-state index contributed by atoms with van der Waals surface area (Å²) in [7, 11) is -3.25. The topological polar surface area (TPSA) is 76.6 Å². The molecular weight excluding hydrogens is 403 g/mol. The Morgan fingerprint density at radius 2 is 1.96 bits per heavy atom. The number of thiazole rings is 1. The molecule has 1 saturated heterocycles. The van der Waals surface area contributed by atoms with Gasteiger partial charge in [-0.1, -0.05) is 23.5 Å². The fourth-order valence-corrected chi connectivity index (χ4v) is 4.58. The molecule has 0 amide bonds. The second kappa shape index (κ2) is 7.14. The van der Waals surface area contributed by atoms with Crippen LogP contribution in [0.25, 0.3) is 10.2 Å². The predicted molar refractivity (Wildman–Crippen MR) is 105 cm³/mol. The Bertz CT molecular complexity index is 1140. The van der Waals surface area contributed by atoms with Crippen molar-refractivity contribution in [3.05, 3.63) is 53.8 Å². The molecule has 28 heavy (non-hydrogen) atoms. The molecule has 0 radical (unpaired) electrons. The highest BCUT2D eigenvalue weighted by molar-refractivity contribution is 7.90. The number of rotatable bonds is 5. The van der Waals surface area contributed by atoms with Crippen LogP contribution >= 0.6 is 11.3 Å². The minimum absolute atomic E-state index is 0.0843. The van der Waals surface area contributed by atoms with Crippen LogP contribution in [-0.2, 0) is 25.8 Å². The molecule has 0 aliphatic carbocycles. The fraction of sp³-hybridized carbons (Fsp3) is 0.263. The summed E-state index contributed by atoms with van der Waals surface area (Å²) in [5.74, 6) is -0.647. The van der Waals surface area contributed by atoms with Crippen LogP contribution in [0.3, 0.4) is 0 Å². The third kappa shape index (κ3) is 4.00. The van der Waals surface area contributed by atoms with Crippen molar-refractivity contribution in [2.24, 2.45) is 0 Å². The Balaban J connectivity index is 1.30. The van der Waals surface area contributed by atoms with Crippen molar-refractivity contribution in [2.45, 2.75) is 17.4 Å². The zero-order chi connectivity index (χ0) is 19.9. The van der Waals surface area contributed by atoms with Crippen LogP contribution in [0, 0.1) is 5.82 Å². The molecule has 4 rings (SSSR count). The summed E-state index contributed by atoms with van der Waals surface area (Å²) in [6, 6.07) is 10.7. The minimum Gasteiger partial charge on any atom is -0.458 e. The Kier molecular flexibility index (Phi) is 4.80. The van der Waals surface area contributed by atoms with Gasteiger partial charge in [0.1, 0.15) is 11.9 Å². The SMILES string of the molecule is CS(=O)(=O)c1ccc(CC(=O)OC2CN(c3nc4ccc(F)cc4s3)C2)cc1. The first kappa shape index (κ1) is 18.8. The van der Waals surface area contributed by atoms with Gasteiger partial charge in [0.15, 0.2) is 15.0 Å². The van der Waals surface area contributed by atoms with E-state index >= 15 is 0 Å². The predicted octanol–water partition coefficient (Wildman–Crippen LogP) is 2.81. The van der Waals surface area contributed by atoms with Crippen molar-refractivity contribution >= 4 is 42.5 Å². The summed E-state index contributed by atoms with van der Waals surface area (Å²) < 4.78 is 42.4. The third-order valence-corrected chi connectivity index (χ3v) is 6.66. The van der Waals surface area contributed by atoms with Crippen LogP contribution in [0.1, 0.15) is 5.56 Å². The van der Waals surface area contributed by atoms with Crippen molar-refractivity contribution in [1.29, 1.82) is 0 Å². The average molecular weight is 420 g/mol. The Hall–Kier alpha value is -2.52. The number of sulfone groups is 1. The molecule has 1 aliphatic rings. The van der Waals surface area contributed by atoms with Crippen molar-refractivity contribution < 1.29 is 22.3 Å². The molecule has 0 atom stereocenters. The molecule has 6 nitrogen and oxygen atoms in total. The second-order valence-corrected chi connectivity index (χ2v) is 9.74. The number of carbonyl (C=O) groups excluding carboxylic acids is 1. The van der Waals surface area contributed by atoms with E-state index in [0.717, 1.165) is 21.6 Å². The molecule has 3 aromatic rings. The number of aromatic nitrogens is 1. The first-order chi connectivity index (χ1) is 13.3. The maximum absolute atomic E-state index is 13.3. The standard InChI is InChI=1S/C19H17FN2O4S2/c1-28(24,25)15-5-2-12(3-6-15)8-18(23)26-14-10-22(11-14)19-21-16-7-4-13(20)9-17(16)27-19/h2-7,9,14H,8,10-11H2,1H3. The van der Waals surface area contributed by atoms with E-state index in [9.17, 15) is 17.6 Å². The third-order valence-electron chi connectivity index (χ3n) is 4.46. The first-order valence-corrected chi connectivity index (χ1v) is 11.3. The van der Waals surface area contributed by atoms with Gasteiger partial charge in [-0.05, 0) is 35.9 Å². The van der Waals surface area contributed by atoms with Crippen molar-refractivity contribution in [3.8, 4) is 0 Å². The van der Waals surface area contributed by atoms with E-state index in [-0.39, 0.29) is 29.2 Å². The number of esters is 1. The Morgan fingerprint density at radius 3 is 2.64 bits per heavy atom. The lowest BCUT2D eigenvalue weighted by Crippen LogP contribution is -2.53. The number of benzene rings is 2. The highest BCUT2D eigenvalue weighted by Gasteiger charge is 2.32. The molecule has 0 N–H and O–H groups in total. The summed E-state index contributed by atoms with van der Waals surface area (Å²) in [5, 5.41) is 0.782. The van der Waals surface area contributed by atoms with Gasteiger partial charge in [0.05, 0.1) is 34.6 Å². The number of ether oxygens (including phenoxy) is 1. The minimum atomic E-state index is -3.25. The summed E-state index contributed by atoms with van der Waals surface area (Å²) in [6.45, 7) is 1.09. The van der Waals surface area contributed by atoms with Gasteiger partial charge in [0.25, 0.3) is 0 Å². The highest BCUT2D eigenvalue weighted by Crippen LogP contribution is 2.32. The number of hydrogen-bond acceptors (Lipinski definition) is 7. The van der Waals surface area contributed by atoms with Crippen LogP contribution in [0.2, 0.25) is 0 Å².